The second-order valence-corrected chi connectivity index (χ2v) is 6.17. The van der Waals surface area contributed by atoms with E-state index >= 15 is 0 Å². The van der Waals surface area contributed by atoms with Gasteiger partial charge in [0.25, 0.3) is 0 Å². The van der Waals surface area contributed by atoms with Crippen LogP contribution in [0, 0.1) is 0 Å². The third-order valence-electron chi connectivity index (χ3n) is 4.70. The molecule has 1 N–H and O–H groups in total. The van der Waals surface area contributed by atoms with E-state index in [1.165, 1.54) is 18.4 Å². The topological polar surface area (TPSA) is 69.6 Å². The van der Waals surface area contributed by atoms with E-state index in [9.17, 15) is 9.90 Å². The average molecular weight is 274 g/mol. The van der Waals surface area contributed by atoms with Crippen LogP contribution in [0.15, 0.2) is 12.4 Å². The Balaban J connectivity index is 1.51. The van der Waals surface area contributed by atoms with Crippen LogP contribution in [0.3, 0.4) is 0 Å². The van der Waals surface area contributed by atoms with Crippen molar-refractivity contribution in [2.24, 2.45) is 0 Å². The molecule has 2 aliphatic carbocycles. The quantitative estimate of drug-likeness (QED) is 0.888. The van der Waals surface area contributed by atoms with E-state index < -0.39 is 6.09 Å². The largest absolute Gasteiger partial charge is 0.465 e. The first-order valence-corrected chi connectivity index (χ1v) is 7.25. The molecule has 3 aliphatic rings. The summed E-state index contributed by atoms with van der Waals surface area (Å²) in [5, 5.41) is 9.25. The Morgan fingerprint density at radius 2 is 1.95 bits per heavy atom. The molecule has 1 aliphatic heterocycles. The molecular weight excluding hydrogens is 256 g/mol. The number of carbonyl (C=O) groups is 1. The lowest BCUT2D eigenvalue weighted by Gasteiger charge is -2.40. The van der Waals surface area contributed by atoms with Crippen molar-refractivity contribution in [2.75, 3.05) is 24.5 Å². The Bertz CT molecular complexity index is 537. The van der Waals surface area contributed by atoms with Crippen molar-refractivity contribution >= 4 is 12.0 Å². The normalized spacial score (nSPS) is 24.0. The van der Waals surface area contributed by atoms with E-state index in [2.05, 4.69) is 14.9 Å². The van der Waals surface area contributed by atoms with Gasteiger partial charge in [-0.15, -0.1) is 0 Å². The maximum absolute atomic E-state index is 11.3. The summed E-state index contributed by atoms with van der Waals surface area (Å²) >= 11 is 0. The van der Waals surface area contributed by atoms with Crippen LogP contribution in [0.25, 0.3) is 0 Å². The average Bonchev–Trinajstić information content (AvgIpc) is 3.34. The fourth-order valence-electron chi connectivity index (χ4n) is 3.14. The minimum absolute atomic E-state index is 0.178. The van der Waals surface area contributed by atoms with Gasteiger partial charge in [-0.25, -0.2) is 14.8 Å². The summed E-state index contributed by atoms with van der Waals surface area (Å²) < 4.78 is 0. The van der Waals surface area contributed by atoms with Crippen LogP contribution >= 0.6 is 0 Å². The number of hydrogen-bond acceptors (Lipinski definition) is 4. The molecule has 0 atom stereocenters. The van der Waals surface area contributed by atoms with Crippen molar-refractivity contribution in [3.05, 3.63) is 18.0 Å². The van der Waals surface area contributed by atoms with Crippen molar-refractivity contribution in [3.63, 3.8) is 0 Å². The lowest BCUT2D eigenvalue weighted by Crippen LogP contribution is -2.57. The van der Waals surface area contributed by atoms with Gasteiger partial charge in [0, 0.05) is 32.0 Å². The first kappa shape index (κ1) is 11.9. The molecule has 0 bridgehead atoms. The van der Waals surface area contributed by atoms with Crippen LogP contribution in [-0.4, -0.2) is 51.2 Å². The molecule has 1 aromatic rings. The highest BCUT2D eigenvalue weighted by atomic mass is 16.4. The zero-order valence-electron chi connectivity index (χ0n) is 11.3. The van der Waals surface area contributed by atoms with E-state index in [-0.39, 0.29) is 5.54 Å². The first-order chi connectivity index (χ1) is 9.68. The van der Waals surface area contributed by atoms with E-state index in [1.54, 1.807) is 4.90 Å². The third-order valence-corrected chi connectivity index (χ3v) is 4.70. The molecule has 106 valence electrons. The highest BCUT2D eigenvalue weighted by molar-refractivity contribution is 5.67. The molecule has 4 rings (SSSR count). The Hall–Kier alpha value is -1.85. The van der Waals surface area contributed by atoms with Gasteiger partial charge in [0.2, 0.25) is 5.95 Å². The van der Waals surface area contributed by atoms with Gasteiger partial charge in [-0.05, 0) is 37.2 Å². The zero-order chi connectivity index (χ0) is 13.7. The summed E-state index contributed by atoms with van der Waals surface area (Å²) in [6.45, 7) is 1.95. The summed E-state index contributed by atoms with van der Waals surface area (Å²) in [6, 6.07) is 0. The zero-order valence-corrected chi connectivity index (χ0v) is 11.3. The van der Waals surface area contributed by atoms with Gasteiger partial charge < -0.3 is 10.0 Å². The van der Waals surface area contributed by atoms with E-state index in [1.807, 2.05) is 12.4 Å². The second kappa shape index (κ2) is 4.07. The fourth-order valence-corrected chi connectivity index (χ4v) is 3.14. The van der Waals surface area contributed by atoms with Crippen LogP contribution in [-0.2, 0) is 0 Å². The van der Waals surface area contributed by atoms with E-state index in [0.717, 1.165) is 25.3 Å². The maximum atomic E-state index is 11.3. The summed E-state index contributed by atoms with van der Waals surface area (Å²) in [5.74, 6) is 1.41. The molecule has 0 aromatic carbocycles. The van der Waals surface area contributed by atoms with Gasteiger partial charge >= 0.3 is 6.09 Å². The molecule has 2 saturated carbocycles. The van der Waals surface area contributed by atoms with Crippen molar-refractivity contribution in [1.29, 1.82) is 0 Å². The molecule has 3 fully saturated rings. The van der Waals surface area contributed by atoms with Crippen LogP contribution < -0.4 is 4.90 Å². The van der Waals surface area contributed by atoms with Crippen molar-refractivity contribution in [2.45, 2.75) is 37.1 Å². The summed E-state index contributed by atoms with van der Waals surface area (Å²) in [7, 11) is 0. The van der Waals surface area contributed by atoms with Crippen LogP contribution in [0.5, 0.6) is 0 Å². The number of aromatic nitrogens is 2. The minimum atomic E-state index is -0.799. The maximum Gasteiger partial charge on any atom is 0.407 e. The summed E-state index contributed by atoms with van der Waals surface area (Å²) in [5.41, 5.74) is 1.06. The van der Waals surface area contributed by atoms with Gasteiger partial charge in [0.1, 0.15) is 0 Å². The number of piperazine rings is 1. The predicted octanol–water partition coefficient (Wildman–Crippen LogP) is 1.69. The minimum Gasteiger partial charge on any atom is -0.465 e. The molecule has 2 heterocycles. The highest BCUT2D eigenvalue weighted by Gasteiger charge is 2.53. The molecular formula is C14H18N4O2. The molecule has 1 aromatic heterocycles. The lowest BCUT2D eigenvalue weighted by molar-refractivity contribution is 0.110. The summed E-state index contributed by atoms with van der Waals surface area (Å²) in [6.07, 6.45) is 7.48. The van der Waals surface area contributed by atoms with Gasteiger partial charge in [-0.2, -0.15) is 0 Å². The Labute approximate surface area is 117 Å². The Morgan fingerprint density at radius 1 is 1.25 bits per heavy atom. The number of hydrogen-bond donors (Lipinski definition) is 1. The third kappa shape index (κ3) is 1.90. The fraction of sp³-hybridized carbons (Fsp3) is 0.643. The van der Waals surface area contributed by atoms with Gasteiger partial charge in [-0.3, -0.25) is 4.90 Å². The van der Waals surface area contributed by atoms with Crippen LogP contribution in [0.4, 0.5) is 10.7 Å². The molecule has 1 saturated heterocycles. The molecule has 0 radical (unpaired) electrons. The number of amides is 1. The van der Waals surface area contributed by atoms with E-state index in [0.29, 0.717) is 19.0 Å². The molecule has 6 heteroatoms. The van der Waals surface area contributed by atoms with Crippen LogP contribution in [0.2, 0.25) is 0 Å². The predicted molar refractivity (Wildman–Crippen MR) is 72.9 cm³/mol. The van der Waals surface area contributed by atoms with Gasteiger partial charge in [0.15, 0.2) is 0 Å². The first-order valence-electron chi connectivity index (χ1n) is 7.25. The molecule has 0 unspecified atom stereocenters. The van der Waals surface area contributed by atoms with Crippen molar-refractivity contribution < 1.29 is 9.90 Å². The molecule has 6 nitrogen and oxygen atoms in total. The SMILES string of the molecule is O=C(O)N1CCN(c2ncc(C3CC3)cn2)CC12CC2. The smallest absolute Gasteiger partial charge is 0.407 e. The number of rotatable bonds is 2. The van der Waals surface area contributed by atoms with E-state index in [4.69, 9.17) is 0 Å². The Kier molecular flexibility index (Phi) is 2.43. The second-order valence-electron chi connectivity index (χ2n) is 6.17. The highest BCUT2D eigenvalue weighted by Crippen LogP contribution is 2.45. The standard InChI is InChI=1S/C14H18N4O2/c19-13(20)18-6-5-17(9-14(18)3-4-14)12-15-7-11(8-16-12)10-1-2-10/h7-8,10H,1-6,9H2,(H,19,20). The monoisotopic (exact) mass is 274 g/mol. The Morgan fingerprint density at radius 3 is 2.50 bits per heavy atom. The molecule has 20 heavy (non-hydrogen) atoms. The number of carboxylic acid groups (broad SMARTS) is 1. The van der Waals surface area contributed by atoms with Crippen LogP contribution in [0.1, 0.15) is 37.2 Å². The molecule has 1 amide bonds. The van der Waals surface area contributed by atoms with Crippen molar-refractivity contribution in [3.8, 4) is 0 Å². The molecule has 1 spiro atoms. The number of nitrogens with zero attached hydrogens (tertiary/aromatic N) is 4. The number of anilines is 1. The van der Waals surface area contributed by atoms with Gasteiger partial charge in [0.05, 0.1) is 5.54 Å². The lowest BCUT2D eigenvalue weighted by atomic mass is 10.1. The van der Waals surface area contributed by atoms with Gasteiger partial charge in [-0.1, -0.05) is 0 Å². The summed E-state index contributed by atoms with van der Waals surface area (Å²) in [4.78, 5) is 23.9. The van der Waals surface area contributed by atoms with Crippen molar-refractivity contribution in [1.82, 2.24) is 14.9 Å².